The molecule has 0 heterocycles. The summed E-state index contributed by atoms with van der Waals surface area (Å²) in [6.45, 7) is 13.9. The molecule has 120 valence electrons. The summed E-state index contributed by atoms with van der Waals surface area (Å²) in [6, 6.07) is 11.1. The van der Waals surface area contributed by atoms with Gasteiger partial charge in [0.2, 0.25) is 0 Å². The molecule has 1 nitrogen and oxygen atoms in total. The average Bonchev–Trinajstić information content (AvgIpc) is 2.62. The van der Waals surface area contributed by atoms with Crippen LogP contribution in [0.5, 0.6) is 0 Å². The molecule has 0 saturated carbocycles. The van der Waals surface area contributed by atoms with Crippen molar-refractivity contribution in [1.82, 2.24) is 5.32 Å². The fourth-order valence-electron chi connectivity index (χ4n) is 3.57. The first-order chi connectivity index (χ1) is 10.2. The lowest BCUT2D eigenvalue weighted by molar-refractivity contribution is 0.424. The smallest absolute Gasteiger partial charge is 0.0791 e. The molecule has 0 aromatic heterocycles. The molecule has 1 aliphatic carbocycles. The second-order valence-corrected chi connectivity index (χ2v) is 10.9. The zero-order valence-electron chi connectivity index (χ0n) is 15.2. The van der Waals surface area contributed by atoms with Gasteiger partial charge in [0.05, 0.1) is 9.52 Å². The number of benzene rings is 1. The molecule has 2 rings (SSSR count). The van der Waals surface area contributed by atoms with Gasteiger partial charge in [-0.2, -0.15) is 0 Å². The van der Waals surface area contributed by atoms with Crippen LogP contribution in [0.15, 0.2) is 52.6 Å². The molecule has 1 aliphatic rings. The van der Waals surface area contributed by atoms with Gasteiger partial charge in [-0.25, -0.2) is 0 Å². The summed E-state index contributed by atoms with van der Waals surface area (Å²) in [4.78, 5) is 0. The first-order valence-corrected chi connectivity index (χ1v) is 11.1. The van der Waals surface area contributed by atoms with E-state index >= 15 is 0 Å². The van der Waals surface area contributed by atoms with Crippen LogP contribution in [-0.4, -0.2) is 31.0 Å². The molecule has 0 radical (unpaired) electrons. The molecule has 0 amide bonds. The molecule has 22 heavy (non-hydrogen) atoms. The first-order valence-electron chi connectivity index (χ1n) is 8.40. The van der Waals surface area contributed by atoms with E-state index in [4.69, 9.17) is 0 Å². The van der Waals surface area contributed by atoms with Gasteiger partial charge in [-0.1, -0.05) is 41.1 Å². The molecule has 1 aromatic carbocycles. The number of allylic oxidation sites excluding steroid dienone is 3. The summed E-state index contributed by atoms with van der Waals surface area (Å²) in [5.74, 6) is 0. The molecular weight excluding hydrogens is 298 g/mol. The zero-order valence-corrected chi connectivity index (χ0v) is 18.7. The Hall–Kier alpha value is -0.906. The standard InChI is InChI=1S/C19H31NSi2/c1-12-13(2)16(17(21)14(12)3)18(20-19(4,5)6)22-15-10-8-7-9-11-15/h7-11,17-18,20H,22H2,1-6,21H3. The van der Waals surface area contributed by atoms with Crippen molar-refractivity contribution in [1.29, 1.82) is 0 Å². The highest BCUT2D eigenvalue weighted by Gasteiger charge is 2.31. The topological polar surface area (TPSA) is 12.0 Å². The minimum atomic E-state index is -0.389. The van der Waals surface area contributed by atoms with E-state index in [1.54, 1.807) is 21.9 Å². The summed E-state index contributed by atoms with van der Waals surface area (Å²) in [7, 11) is 0.830. The Morgan fingerprint density at radius 3 is 2.09 bits per heavy atom. The van der Waals surface area contributed by atoms with Crippen molar-refractivity contribution in [3.05, 3.63) is 52.6 Å². The fraction of sp³-hybridized carbons (Fsp3) is 0.474. The molecule has 1 N–H and O–H groups in total. The first kappa shape index (κ1) is 17.4. The Bertz CT molecular complexity index is 594. The highest BCUT2D eigenvalue weighted by molar-refractivity contribution is 6.56. The summed E-state index contributed by atoms with van der Waals surface area (Å²) in [5, 5.41) is 5.50. The van der Waals surface area contributed by atoms with E-state index in [0.717, 1.165) is 5.54 Å². The van der Waals surface area contributed by atoms with Crippen LogP contribution < -0.4 is 10.5 Å². The van der Waals surface area contributed by atoms with Crippen LogP contribution in [0.25, 0.3) is 0 Å². The highest BCUT2D eigenvalue weighted by Crippen LogP contribution is 2.40. The van der Waals surface area contributed by atoms with Crippen LogP contribution in [-0.2, 0) is 0 Å². The van der Waals surface area contributed by atoms with Gasteiger partial charge < -0.3 is 5.32 Å². The SMILES string of the molecule is CC1=C(C)C([SiH3])C(C(NC(C)(C)C)[SiH2]c2ccccc2)=C1C. The van der Waals surface area contributed by atoms with Gasteiger partial charge >= 0.3 is 0 Å². The lowest BCUT2D eigenvalue weighted by Crippen LogP contribution is -2.51. The van der Waals surface area contributed by atoms with Gasteiger partial charge in [0.1, 0.15) is 0 Å². The Morgan fingerprint density at radius 2 is 1.64 bits per heavy atom. The van der Waals surface area contributed by atoms with Crippen molar-refractivity contribution in [3.8, 4) is 0 Å². The summed E-state index contributed by atoms with van der Waals surface area (Å²) >= 11 is 0. The van der Waals surface area contributed by atoms with Crippen molar-refractivity contribution in [3.63, 3.8) is 0 Å². The maximum atomic E-state index is 3.95. The third-order valence-electron chi connectivity index (χ3n) is 4.97. The monoisotopic (exact) mass is 329 g/mol. The van der Waals surface area contributed by atoms with Crippen molar-refractivity contribution >= 4 is 24.9 Å². The molecule has 0 spiro atoms. The quantitative estimate of drug-likeness (QED) is 0.833. The summed E-state index contributed by atoms with van der Waals surface area (Å²) in [5.41, 5.74) is 7.86. The molecule has 0 aliphatic heterocycles. The fourth-order valence-corrected chi connectivity index (χ4v) is 7.92. The average molecular weight is 330 g/mol. The van der Waals surface area contributed by atoms with E-state index in [9.17, 15) is 0 Å². The Morgan fingerprint density at radius 1 is 1.05 bits per heavy atom. The highest BCUT2D eigenvalue weighted by atomic mass is 28.2. The maximum Gasteiger partial charge on any atom is 0.0791 e. The number of nitrogens with one attached hydrogen (secondary N) is 1. The third kappa shape index (κ3) is 3.89. The predicted molar refractivity (Wildman–Crippen MR) is 106 cm³/mol. The molecule has 2 unspecified atom stereocenters. The van der Waals surface area contributed by atoms with Crippen LogP contribution in [0.1, 0.15) is 41.5 Å². The molecule has 0 fully saturated rings. The molecule has 2 atom stereocenters. The Labute approximate surface area is 141 Å². The van der Waals surface area contributed by atoms with Gasteiger partial charge in [-0.15, -0.1) is 0 Å². The van der Waals surface area contributed by atoms with Gasteiger partial charge in [0.25, 0.3) is 0 Å². The number of hydrogen-bond acceptors (Lipinski definition) is 1. The number of hydrogen-bond donors (Lipinski definition) is 1. The summed E-state index contributed by atoms with van der Waals surface area (Å²) < 4.78 is 0. The van der Waals surface area contributed by atoms with Gasteiger partial charge in [0.15, 0.2) is 0 Å². The second-order valence-electron chi connectivity index (χ2n) is 7.75. The van der Waals surface area contributed by atoms with Crippen LogP contribution >= 0.6 is 0 Å². The van der Waals surface area contributed by atoms with Gasteiger partial charge in [-0.3, -0.25) is 0 Å². The van der Waals surface area contributed by atoms with E-state index < -0.39 is 0 Å². The van der Waals surface area contributed by atoms with E-state index in [2.05, 4.69) is 77.2 Å². The lowest BCUT2D eigenvalue weighted by Gasteiger charge is -2.32. The van der Waals surface area contributed by atoms with Crippen molar-refractivity contribution in [2.45, 2.75) is 58.3 Å². The summed E-state index contributed by atoms with van der Waals surface area (Å²) in [6.07, 6.45) is 0. The molecule has 0 bridgehead atoms. The number of rotatable bonds is 4. The van der Waals surface area contributed by atoms with E-state index in [0.29, 0.717) is 5.67 Å². The van der Waals surface area contributed by atoms with Crippen LogP contribution in [0.2, 0.25) is 5.54 Å². The molecule has 0 saturated heterocycles. The van der Waals surface area contributed by atoms with E-state index in [-0.39, 0.29) is 15.1 Å². The van der Waals surface area contributed by atoms with Crippen molar-refractivity contribution in [2.24, 2.45) is 0 Å². The third-order valence-corrected chi connectivity index (χ3v) is 8.45. The molecular formula is C19H31NSi2. The minimum Gasteiger partial charge on any atom is -0.308 e. The van der Waals surface area contributed by atoms with E-state index in [1.165, 1.54) is 15.8 Å². The lowest BCUT2D eigenvalue weighted by atomic mass is 10.0. The maximum absolute atomic E-state index is 3.95. The van der Waals surface area contributed by atoms with Crippen LogP contribution in [0.3, 0.4) is 0 Å². The van der Waals surface area contributed by atoms with Crippen LogP contribution in [0, 0.1) is 0 Å². The normalized spacial score (nSPS) is 21.5. The Kier molecular flexibility index (Phi) is 5.30. The van der Waals surface area contributed by atoms with Gasteiger partial charge in [-0.05, 0) is 63.8 Å². The van der Waals surface area contributed by atoms with E-state index in [1.807, 2.05) is 0 Å². The minimum absolute atomic E-state index is 0.158. The van der Waals surface area contributed by atoms with Crippen molar-refractivity contribution in [2.75, 3.05) is 0 Å². The van der Waals surface area contributed by atoms with Crippen molar-refractivity contribution < 1.29 is 0 Å². The predicted octanol–water partition coefficient (Wildman–Crippen LogP) is 2.02. The van der Waals surface area contributed by atoms with Crippen LogP contribution in [0.4, 0.5) is 0 Å². The zero-order chi connectivity index (χ0) is 16.5. The van der Waals surface area contributed by atoms with Gasteiger partial charge in [0, 0.05) is 21.4 Å². The second kappa shape index (κ2) is 6.69. The molecule has 1 aromatic rings. The molecule has 3 heteroatoms. The Balaban J connectivity index is 2.34. The largest absolute Gasteiger partial charge is 0.308 e.